The van der Waals surface area contributed by atoms with E-state index in [9.17, 15) is 8.78 Å². The summed E-state index contributed by atoms with van der Waals surface area (Å²) >= 11 is 0. The predicted molar refractivity (Wildman–Crippen MR) is 58.1 cm³/mol. The van der Waals surface area contributed by atoms with E-state index in [-0.39, 0.29) is 17.6 Å². The quantitative estimate of drug-likeness (QED) is 0.808. The normalized spacial score (nSPS) is 12.5. The minimum atomic E-state index is -0.854. The molecule has 0 bridgehead atoms. The van der Waals surface area contributed by atoms with Gasteiger partial charge >= 0.3 is 0 Å². The van der Waals surface area contributed by atoms with Crippen molar-refractivity contribution in [3.8, 4) is 0 Å². The van der Waals surface area contributed by atoms with Crippen LogP contribution in [0.3, 0.4) is 0 Å². The standard InChI is InChI=1S/C10H15F2N3O/c1-6(5-16-2)4-14-10-8(12)3-7(11)9(13)15-10/h3,6H,4-5H2,1-2H3,(H3,13,14,15). The molecule has 0 aliphatic rings. The lowest BCUT2D eigenvalue weighted by atomic mass is 10.2. The predicted octanol–water partition coefficient (Wildman–Crippen LogP) is 1.64. The van der Waals surface area contributed by atoms with Crippen LogP contribution in [-0.2, 0) is 4.74 Å². The molecule has 1 atom stereocenters. The molecule has 16 heavy (non-hydrogen) atoms. The lowest BCUT2D eigenvalue weighted by Gasteiger charge is -2.12. The van der Waals surface area contributed by atoms with Gasteiger partial charge in [0.2, 0.25) is 0 Å². The number of nitrogens with one attached hydrogen (secondary N) is 1. The number of halogens is 2. The van der Waals surface area contributed by atoms with Gasteiger partial charge in [-0.05, 0) is 5.92 Å². The first-order valence-corrected chi connectivity index (χ1v) is 4.89. The number of ether oxygens (including phenoxy) is 1. The molecule has 1 unspecified atom stereocenters. The second-order valence-electron chi connectivity index (χ2n) is 3.63. The van der Waals surface area contributed by atoms with E-state index in [0.29, 0.717) is 19.2 Å². The maximum atomic E-state index is 13.2. The van der Waals surface area contributed by atoms with E-state index in [1.807, 2.05) is 6.92 Å². The highest BCUT2D eigenvalue weighted by Crippen LogP contribution is 2.16. The third kappa shape index (κ3) is 3.30. The maximum absolute atomic E-state index is 13.2. The Bertz CT molecular complexity index is 360. The Hall–Kier alpha value is -1.43. The molecule has 90 valence electrons. The van der Waals surface area contributed by atoms with Gasteiger partial charge in [0.1, 0.15) is 0 Å². The van der Waals surface area contributed by atoms with Crippen LogP contribution in [0.15, 0.2) is 6.07 Å². The first-order valence-electron chi connectivity index (χ1n) is 4.89. The minimum Gasteiger partial charge on any atom is -0.384 e. The summed E-state index contributed by atoms with van der Waals surface area (Å²) in [6, 6.07) is 0.714. The van der Waals surface area contributed by atoms with E-state index in [1.165, 1.54) is 0 Å². The van der Waals surface area contributed by atoms with Gasteiger partial charge in [0.15, 0.2) is 23.3 Å². The Morgan fingerprint density at radius 2 is 2.19 bits per heavy atom. The van der Waals surface area contributed by atoms with Gasteiger partial charge in [-0.15, -0.1) is 0 Å². The van der Waals surface area contributed by atoms with Gasteiger partial charge in [-0.1, -0.05) is 6.92 Å². The van der Waals surface area contributed by atoms with Gasteiger partial charge in [-0.3, -0.25) is 0 Å². The largest absolute Gasteiger partial charge is 0.384 e. The molecule has 3 N–H and O–H groups in total. The van der Waals surface area contributed by atoms with Crippen molar-refractivity contribution in [3.05, 3.63) is 17.7 Å². The van der Waals surface area contributed by atoms with Crippen molar-refractivity contribution in [1.82, 2.24) is 4.98 Å². The molecule has 0 fully saturated rings. The highest BCUT2D eigenvalue weighted by Gasteiger charge is 2.10. The molecule has 1 heterocycles. The molecule has 0 spiro atoms. The summed E-state index contributed by atoms with van der Waals surface area (Å²) in [4.78, 5) is 3.58. The second-order valence-corrected chi connectivity index (χ2v) is 3.63. The molecule has 0 saturated carbocycles. The van der Waals surface area contributed by atoms with Crippen LogP contribution < -0.4 is 11.1 Å². The summed E-state index contributed by atoms with van der Waals surface area (Å²) in [5.74, 6) is -1.77. The average molecular weight is 231 g/mol. The van der Waals surface area contributed by atoms with Gasteiger partial charge in [-0.25, -0.2) is 13.8 Å². The van der Waals surface area contributed by atoms with Crippen molar-refractivity contribution in [3.63, 3.8) is 0 Å². The number of nitrogen functional groups attached to an aromatic ring is 1. The van der Waals surface area contributed by atoms with Crippen LogP contribution in [0.2, 0.25) is 0 Å². The highest BCUT2D eigenvalue weighted by atomic mass is 19.1. The Labute approximate surface area is 92.8 Å². The molecule has 6 heteroatoms. The van der Waals surface area contributed by atoms with Crippen molar-refractivity contribution < 1.29 is 13.5 Å². The average Bonchev–Trinajstić information content (AvgIpc) is 2.22. The van der Waals surface area contributed by atoms with Crippen LogP contribution >= 0.6 is 0 Å². The van der Waals surface area contributed by atoms with E-state index >= 15 is 0 Å². The van der Waals surface area contributed by atoms with Crippen molar-refractivity contribution in [2.75, 3.05) is 31.3 Å². The van der Waals surface area contributed by atoms with Crippen LogP contribution in [0, 0.1) is 17.6 Å². The lowest BCUT2D eigenvalue weighted by molar-refractivity contribution is 0.164. The summed E-state index contributed by atoms with van der Waals surface area (Å²) in [6.45, 7) is 2.95. The maximum Gasteiger partial charge on any atom is 0.168 e. The molecule has 0 radical (unpaired) electrons. The number of hydrogen-bond donors (Lipinski definition) is 2. The van der Waals surface area contributed by atoms with Crippen LogP contribution in [0.5, 0.6) is 0 Å². The molecule has 4 nitrogen and oxygen atoms in total. The number of anilines is 2. The molecular formula is C10H15F2N3O. The van der Waals surface area contributed by atoms with Crippen molar-refractivity contribution in [2.45, 2.75) is 6.92 Å². The Kier molecular flexibility index (Phi) is 4.42. The Balaban J connectivity index is 2.63. The molecule has 0 aromatic carbocycles. The van der Waals surface area contributed by atoms with Crippen LogP contribution in [-0.4, -0.2) is 25.2 Å². The van der Waals surface area contributed by atoms with E-state index in [0.717, 1.165) is 0 Å². The summed E-state index contributed by atoms with van der Waals surface area (Å²) < 4.78 is 30.9. The lowest BCUT2D eigenvalue weighted by Crippen LogP contribution is -2.17. The number of nitrogens with zero attached hydrogens (tertiary/aromatic N) is 1. The van der Waals surface area contributed by atoms with Crippen LogP contribution in [0.4, 0.5) is 20.4 Å². The van der Waals surface area contributed by atoms with E-state index < -0.39 is 11.6 Å². The zero-order valence-corrected chi connectivity index (χ0v) is 9.26. The van der Waals surface area contributed by atoms with E-state index in [1.54, 1.807) is 7.11 Å². The minimum absolute atomic E-state index is 0.0400. The van der Waals surface area contributed by atoms with Crippen molar-refractivity contribution in [2.24, 2.45) is 5.92 Å². The zero-order chi connectivity index (χ0) is 12.1. The third-order valence-corrected chi connectivity index (χ3v) is 2.03. The van der Waals surface area contributed by atoms with Crippen molar-refractivity contribution in [1.29, 1.82) is 0 Å². The molecule has 0 aliphatic carbocycles. The number of methoxy groups -OCH3 is 1. The van der Waals surface area contributed by atoms with Crippen LogP contribution in [0.1, 0.15) is 6.92 Å². The van der Waals surface area contributed by atoms with Gasteiger partial charge < -0.3 is 15.8 Å². The van der Waals surface area contributed by atoms with E-state index in [2.05, 4.69) is 10.3 Å². The highest BCUT2D eigenvalue weighted by molar-refractivity contribution is 5.44. The SMILES string of the molecule is COCC(C)CNc1nc(N)c(F)cc1F. The zero-order valence-electron chi connectivity index (χ0n) is 9.26. The van der Waals surface area contributed by atoms with Crippen molar-refractivity contribution >= 4 is 11.6 Å². The van der Waals surface area contributed by atoms with Gasteiger partial charge in [0, 0.05) is 19.7 Å². The molecule has 0 aliphatic heterocycles. The molecule has 1 aromatic rings. The number of hydrogen-bond acceptors (Lipinski definition) is 4. The fraction of sp³-hybridized carbons (Fsp3) is 0.500. The van der Waals surface area contributed by atoms with Gasteiger partial charge in [-0.2, -0.15) is 0 Å². The molecule has 1 rings (SSSR count). The number of nitrogens with two attached hydrogens (primary N) is 1. The fourth-order valence-electron chi connectivity index (χ4n) is 1.22. The Morgan fingerprint density at radius 3 is 2.81 bits per heavy atom. The fourth-order valence-corrected chi connectivity index (χ4v) is 1.22. The summed E-state index contributed by atoms with van der Waals surface area (Å²) in [7, 11) is 1.59. The second kappa shape index (κ2) is 5.60. The smallest absolute Gasteiger partial charge is 0.168 e. The van der Waals surface area contributed by atoms with Gasteiger partial charge in [0.05, 0.1) is 6.61 Å². The molecule has 0 saturated heterocycles. The topological polar surface area (TPSA) is 60.2 Å². The molecule has 0 amide bonds. The summed E-state index contributed by atoms with van der Waals surface area (Å²) in [5, 5.41) is 2.75. The van der Waals surface area contributed by atoms with Crippen LogP contribution in [0.25, 0.3) is 0 Å². The summed E-state index contributed by atoms with van der Waals surface area (Å²) in [5.41, 5.74) is 5.24. The Morgan fingerprint density at radius 1 is 1.50 bits per heavy atom. The monoisotopic (exact) mass is 231 g/mol. The molecular weight excluding hydrogens is 216 g/mol. The van der Waals surface area contributed by atoms with Gasteiger partial charge in [0.25, 0.3) is 0 Å². The number of rotatable bonds is 5. The third-order valence-electron chi connectivity index (χ3n) is 2.03. The number of pyridine rings is 1. The first kappa shape index (κ1) is 12.6. The number of aromatic nitrogens is 1. The van der Waals surface area contributed by atoms with E-state index in [4.69, 9.17) is 10.5 Å². The molecule has 1 aromatic heterocycles. The summed E-state index contributed by atoms with van der Waals surface area (Å²) in [6.07, 6.45) is 0. The first-order chi connectivity index (χ1) is 7.54.